The lowest BCUT2D eigenvalue weighted by atomic mass is 10.2. The second-order valence-corrected chi connectivity index (χ2v) is 5.23. The first-order chi connectivity index (χ1) is 9.99. The van der Waals surface area contributed by atoms with Gasteiger partial charge in [-0.3, -0.25) is 4.79 Å². The van der Waals surface area contributed by atoms with Crippen molar-refractivity contribution in [1.29, 1.82) is 0 Å². The third-order valence-corrected chi connectivity index (χ3v) is 3.56. The number of benzene rings is 2. The third-order valence-electron chi connectivity index (χ3n) is 2.93. The lowest BCUT2D eigenvalue weighted by Gasteiger charge is -2.12. The quantitative estimate of drug-likeness (QED) is 0.869. The number of carbonyl (C=O) groups excluding carboxylic acids is 1. The van der Waals surface area contributed by atoms with Gasteiger partial charge >= 0.3 is 0 Å². The summed E-state index contributed by atoms with van der Waals surface area (Å²) in [5.74, 6) is -0.650. The molecule has 3 nitrogen and oxygen atoms in total. The van der Waals surface area contributed by atoms with E-state index in [1.54, 1.807) is 37.3 Å². The lowest BCUT2D eigenvalue weighted by molar-refractivity contribution is -0.114. The minimum atomic E-state index is -0.325. The molecule has 0 aliphatic carbocycles. The van der Waals surface area contributed by atoms with Crippen molar-refractivity contribution in [1.82, 2.24) is 0 Å². The highest BCUT2D eigenvalue weighted by molar-refractivity contribution is 6.39. The highest BCUT2D eigenvalue weighted by atomic mass is 35.5. The molecular formula is C15H13Cl2FN2O. The van der Waals surface area contributed by atoms with E-state index in [1.165, 1.54) is 6.07 Å². The van der Waals surface area contributed by atoms with Crippen molar-refractivity contribution in [2.24, 2.45) is 0 Å². The fourth-order valence-corrected chi connectivity index (χ4v) is 2.27. The van der Waals surface area contributed by atoms with Gasteiger partial charge in [-0.1, -0.05) is 35.3 Å². The van der Waals surface area contributed by atoms with Crippen LogP contribution >= 0.6 is 23.2 Å². The SMILES string of the molecule is Cc1c(F)cccc1NCC(=O)Nc1c(Cl)cccc1Cl. The highest BCUT2D eigenvalue weighted by Crippen LogP contribution is 2.29. The van der Waals surface area contributed by atoms with Crippen molar-refractivity contribution in [2.75, 3.05) is 17.2 Å². The van der Waals surface area contributed by atoms with Crippen LogP contribution in [0.1, 0.15) is 5.56 Å². The predicted octanol–water partition coefficient (Wildman–Crippen LogP) is 4.49. The summed E-state index contributed by atoms with van der Waals surface area (Å²) in [6, 6.07) is 9.60. The van der Waals surface area contributed by atoms with Crippen LogP contribution in [0.3, 0.4) is 0 Å². The number of para-hydroxylation sites is 1. The largest absolute Gasteiger partial charge is 0.376 e. The van der Waals surface area contributed by atoms with Crippen molar-refractivity contribution in [3.05, 3.63) is 57.8 Å². The fourth-order valence-electron chi connectivity index (χ4n) is 1.78. The van der Waals surface area contributed by atoms with Crippen LogP contribution in [-0.4, -0.2) is 12.5 Å². The second-order valence-electron chi connectivity index (χ2n) is 4.41. The molecule has 0 aromatic heterocycles. The van der Waals surface area contributed by atoms with Crippen LogP contribution in [0.4, 0.5) is 15.8 Å². The first-order valence-electron chi connectivity index (χ1n) is 6.22. The number of hydrogen-bond donors (Lipinski definition) is 2. The summed E-state index contributed by atoms with van der Waals surface area (Å²) in [6.07, 6.45) is 0. The maximum Gasteiger partial charge on any atom is 0.243 e. The monoisotopic (exact) mass is 326 g/mol. The number of carbonyl (C=O) groups is 1. The lowest BCUT2D eigenvalue weighted by Crippen LogP contribution is -2.22. The van der Waals surface area contributed by atoms with Crippen molar-refractivity contribution in [3.63, 3.8) is 0 Å². The molecule has 0 radical (unpaired) electrons. The van der Waals surface area contributed by atoms with Crippen molar-refractivity contribution >= 4 is 40.5 Å². The van der Waals surface area contributed by atoms with E-state index in [0.717, 1.165) is 0 Å². The van der Waals surface area contributed by atoms with E-state index in [-0.39, 0.29) is 18.3 Å². The maximum atomic E-state index is 13.4. The molecule has 2 rings (SSSR count). The molecule has 2 N–H and O–H groups in total. The Morgan fingerprint density at radius 2 is 1.76 bits per heavy atom. The average molecular weight is 327 g/mol. The van der Waals surface area contributed by atoms with Crippen LogP contribution in [0, 0.1) is 12.7 Å². The van der Waals surface area contributed by atoms with Gasteiger partial charge in [-0.05, 0) is 31.2 Å². The van der Waals surface area contributed by atoms with E-state index in [4.69, 9.17) is 23.2 Å². The zero-order chi connectivity index (χ0) is 15.4. The van der Waals surface area contributed by atoms with Gasteiger partial charge in [0, 0.05) is 11.3 Å². The van der Waals surface area contributed by atoms with Crippen LogP contribution in [0.15, 0.2) is 36.4 Å². The molecule has 21 heavy (non-hydrogen) atoms. The first-order valence-corrected chi connectivity index (χ1v) is 6.97. The van der Waals surface area contributed by atoms with Gasteiger partial charge in [0.15, 0.2) is 0 Å². The Labute approximate surface area is 132 Å². The smallest absolute Gasteiger partial charge is 0.243 e. The van der Waals surface area contributed by atoms with Crippen LogP contribution in [0.5, 0.6) is 0 Å². The number of rotatable bonds is 4. The van der Waals surface area contributed by atoms with Gasteiger partial charge in [0.05, 0.1) is 22.3 Å². The molecule has 0 unspecified atom stereocenters. The normalized spacial score (nSPS) is 10.3. The summed E-state index contributed by atoms with van der Waals surface area (Å²) in [5, 5.41) is 6.22. The number of hydrogen-bond acceptors (Lipinski definition) is 2. The van der Waals surface area contributed by atoms with Crippen LogP contribution < -0.4 is 10.6 Å². The first kappa shape index (κ1) is 15.6. The molecule has 1 amide bonds. The Morgan fingerprint density at radius 3 is 2.43 bits per heavy atom. The number of amides is 1. The van der Waals surface area contributed by atoms with E-state index in [0.29, 0.717) is 27.0 Å². The molecule has 0 bridgehead atoms. The van der Waals surface area contributed by atoms with Crippen molar-refractivity contribution in [2.45, 2.75) is 6.92 Å². The summed E-state index contributed by atoms with van der Waals surface area (Å²) in [4.78, 5) is 11.9. The van der Waals surface area contributed by atoms with Crippen LogP contribution in [0.25, 0.3) is 0 Å². The zero-order valence-corrected chi connectivity index (χ0v) is 12.7. The molecule has 2 aromatic carbocycles. The summed E-state index contributed by atoms with van der Waals surface area (Å²) in [7, 11) is 0. The molecule has 0 spiro atoms. The number of anilines is 2. The molecule has 0 heterocycles. The van der Waals surface area contributed by atoms with E-state index in [1.807, 2.05) is 0 Å². The molecular weight excluding hydrogens is 314 g/mol. The van der Waals surface area contributed by atoms with E-state index in [2.05, 4.69) is 10.6 Å². The van der Waals surface area contributed by atoms with Crippen molar-refractivity contribution in [3.8, 4) is 0 Å². The minimum absolute atomic E-state index is 0.0220. The molecule has 2 aromatic rings. The standard InChI is InChI=1S/C15H13Cl2FN2O/c1-9-12(18)6-3-7-13(9)19-8-14(21)20-15-10(16)4-2-5-11(15)17/h2-7,19H,8H2,1H3,(H,20,21). The zero-order valence-electron chi connectivity index (χ0n) is 11.2. The van der Waals surface area contributed by atoms with Gasteiger partial charge in [-0.25, -0.2) is 4.39 Å². The van der Waals surface area contributed by atoms with Gasteiger partial charge in [-0.15, -0.1) is 0 Å². The summed E-state index contributed by atoms with van der Waals surface area (Å²) >= 11 is 11.9. The van der Waals surface area contributed by atoms with E-state index >= 15 is 0 Å². The molecule has 0 saturated carbocycles. The van der Waals surface area contributed by atoms with Gasteiger partial charge in [-0.2, -0.15) is 0 Å². The molecule has 6 heteroatoms. The number of halogens is 3. The Kier molecular flexibility index (Phi) is 5.04. The molecule has 0 aliphatic rings. The molecule has 0 saturated heterocycles. The van der Waals surface area contributed by atoms with Gasteiger partial charge in [0.1, 0.15) is 5.82 Å². The number of nitrogens with one attached hydrogen (secondary N) is 2. The molecule has 0 aliphatic heterocycles. The Balaban J connectivity index is 2.01. The molecule has 0 atom stereocenters. The van der Waals surface area contributed by atoms with Crippen molar-refractivity contribution < 1.29 is 9.18 Å². The fraction of sp³-hybridized carbons (Fsp3) is 0.133. The van der Waals surface area contributed by atoms with Gasteiger partial charge < -0.3 is 10.6 Å². The maximum absolute atomic E-state index is 13.4. The van der Waals surface area contributed by atoms with Gasteiger partial charge in [0.25, 0.3) is 0 Å². The molecule has 110 valence electrons. The summed E-state index contributed by atoms with van der Waals surface area (Å²) in [6.45, 7) is 1.62. The van der Waals surface area contributed by atoms with Crippen LogP contribution in [0.2, 0.25) is 10.0 Å². The summed E-state index contributed by atoms with van der Waals surface area (Å²) in [5.41, 5.74) is 1.39. The minimum Gasteiger partial charge on any atom is -0.376 e. The Morgan fingerprint density at radius 1 is 1.14 bits per heavy atom. The molecule has 0 fully saturated rings. The Bertz CT molecular complexity index is 656. The third kappa shape index (κ3) is 3.86. The van der Waals surface area contributed by atoms with E-state index in [9.17, 15) is 9.18 Å². The average Bonchev–Trinajstić information content (AvgIpc) is 2.45. The highest BCUT2D eigenvalue weighted by Gasteiger charge is 2.10. The van der Waals surface area contributed by atoms with E-state index < -0.39 is 0 Å². The predicted molar refractivity (Wildman–Crippen MR) is 84.7 cm³/mol. The summed E-state index contributed by atoms with van der Waals surface area (Å²) < 4.78 is 13.4. The van der Waals surface area contributed by atoms with Crippen LogP contribution in [-0.2, 0) is 4.79 Å². The van der Waals surface area contributed by atoms with Gasteiger partial charge in [0.2, 0.25) is 5.91 Å². The Hall–Kier alpha value is -1.78. The topological polar surface area (TPSA) is 41.1 Å². The second kappa shape index (κ2) is 6.78.